The second kappa shape index (κ2) is 8.97. The van der Waals surface area contributed by atoms with Crippen molar-refractivity contribution in [1.82, 2.24) is 4.90 Å². The summed E-state index contributed by atoms with van der Waals surface area (Å²) >= 11 is 0. The number of rotatable bonds is 5. The lowest BCUT2D eigenvalue weighted by atomic mass is 9.56. The summed E-state index contributed by atoms with van der Waals surface area (Å²) in [7, 11) is 0. The molecule has 1 aromatic rings. The van der Waals surface area contributed by atoms with Crippen molar-refractivity contribution < 1.29 is 39.9 Å². The maximum atomic E-state index is 10.0. The molecule has 32 heavy (non-hydrogen) atoms. The van der Waals surface area contributed by atoms with Gasteiger partial charge >= 0.3 is 11.9 Å². The van der Waals surface area contributed by atoms with Crippen molar-refractivity contribution in [2.24, 2.45) is 11.8 Å². The van der Waals surface area contributed by atoms with Crippen molar-refractivity contribution in [2.45, 2.75) is 55.8 Å². The van der Waals surface area contributed by atoms with Crippen molar-refractivity contribution >= 4 is 11.9 Å². The number of phenols is 1. The van der Waals surface area contributed by atoms with Crippen LogP contribution in [0.1, 0.15) is 36.8 Å². The smallest absolute Gasteiger partial charge is 0.335 e. The number of likely N-dealkylation sites (tertiary alicyclic amines) is 1. The van der Waals surface area contributed by atoms with E-state index in [1.54, 1.807) is 0 Å². The summed E-state index contributed by atoms with van der Waals surface area (Å²) < 4.78 is 5.94. The van der Waals surface area contributed by atoms with Crippen LogP contribution < -0.4 is 0 Å². The average molecular weight is 450 g/mol. The SMILES string of the molecule is O=C(O)C(O)C(O)C(=O)O.Oc1ccc2c(c1)[C@]13CCN(CC4CC4)[C@H](C2)[C@@H]1CCOC3. The Labute approximate surface area is 186 Å². The summed E-state index contributed by atoms with van der Waals surface area (Å²) in [6, 6.07) is 6.74. The fourth-order valence-electron chi connectivity index (χ4n) is 5.67. The third kappa shape index (κ3) is 4.34. The van der Waals surface area contributed by atoms with Gasteiger partial charge in [0.1, 0.15) is 5.75 Å². The Morgan fingerprint density at radius 3 is 2.44 bits per heavy atom. The summed E-state index contributed by atoms with van der Waals surface area (Å²) in [6.45, 7) is 4.28. The normalized spacial score (nSPS) is 30.7. The third-order valence-electron chi connectivity index (χ3n) is 7.47. The number of aliphatic hydroxyl groups is 2. The van der Waals surface area contributed by atoms with E-state index in [2.05, 4.69) is 11.0 Å². The number of carboxylic acid groups (broad SMARTS) is 2. The fourth-order valence-corrected chi connectivity index (χ4v) is 5.67. The highest BCUT2D eigenvalue weighted by atomic mass is 16.5. The molecule has 2 aliphatic carbocycles. The lowest BCUT2D eigenvalue weighted by Crippen LogP contribution is -2.63. The first-order chi connectivity index (χ1) is 15.2. The van der Waals surface area contributed by atoms with Gasteiger partial charge in [0.25, 0.3) is 0 Å². The molecule has 5 N–H and O–H groups in total. The van der Waals surface area contributed by atoms with Gasteiger partial charge in [-0.3, -0.25) is 4.90 Å². The Balaban J connectivity index is 0.000000211. The van der Waals surface area contributed by atoms with Crippen molar-refractivity contribution in [3.05, 3.63) is 29.3 Å². The van der Waals surface area contributed by atoms with Crippen molar-refractivity contribution in [3.8, 4) is 5.75 Å². The molecule has 9 nitrogen and oxygen atoms in total. The van der Waals surface area contributed by atoms with E-state index >= 15 is 0 Å². The minimum atomic E-state index is -2.27. The number of aromatic hydroxyl groups is 1. The lowest BCUT2D eigenvalue weighted by Gasteiger charge is -2.58. The van der Waals surface area contributed by atoms with Gasteiger partial charge < -0.3 is 30.3 Å². The van der Waals surface area contributed by atoms with Crippen molar-refractivity contribution in [1.29, 1.82) is 0 Å². The molecule has 2 heterocycles. The van der Waals surface area contributed by atoms with Crippen molar-refractivity contribution in [3.63, 3.8) is 0 Å². The van der Waals surface area contributed by atoms with Gasteiger partial charge in [-0.2, -0.15) is 0 Å². The average Bonchev–Trinajstić information content (AvgIpc) is 3.59. The number of carboxylic acids is 2. The molecule has 0 spiro atoms. The Morgan fingerprint density at radius 2 is 1.81 bits per heavy atom. The van der Waals surface area contributed by atoms with Crippen molar-refractivity contribution in [2.75, 3.05) is 26.3 Å². The number of benzene rings is 1. The van der Waals surface area contributed by atoms with Gasteiger partial charge in [-0.1, -0.05) is 6.07 Å². The molecular weight excluding hydrogens is 418 g/mol. The van der Waals surface area contributed by atoms with Gasteiger partial charge in [-0.15, -0.1) is 0 Å². The van der Waals surface area contributed by atoms with Gasteiger partial charge in [-0.05, 0) is 73.7 Å². The number of aliphatic carboxylic acids is 2. The van der Waals surface area contributed by atoms with Gasteiger partial charge in [0.05, 0.1) is 6.61 Å². The number of fused-ring (bicyclic) bond motifs is 1. The Hall–Kier alpha value is -2.20. The molecule has 2 bridgehead atoms. The van der Waals surface area contributed by atoms with Crippen LogP contribution in [0, 0.1) is 11.8 Å². The lowest BCUT2D eigenvalue weighted by molar-refractivity contribution is -0.165. The topological polar surface area (TPSA) is 148 Å². The van der Waals surface area contributed by atoms with E-state index in [1.165, 1.54) is 49.9 Å². The minimum Gasteiger partial charge on any atom is -0.508 e. The van der Waals surface area contributed by atoms with Gasteiger partial charge in [0, 0.05) is 24.6 Å². The molecule has 4 aliphatic rings. The fraction of sp³-hybridized carbons (Fsp3) is 0.652. The number of nitrogens with zero attached hydrogens (tertiary/aromatic N) is 1. The van der Waals surface area contributed by atoms with E-state index < -0.39 is 24.1 Å². The van der Waals surface area contributed by atoms with Crippen LogP contribution >= 0.6 is 0 Å². The number of hydrogen-bond acceptors (Lipinski definition) is 7. The van der Waals surface area contributed by atoms with E-state index in [1.807, 2.05) is 12.1 Å². The number of hydrogen-bond donors (Lipinski definition) is 5. The number of carbonyl (C=O) groups is 2. The Bertz CT molecular complexity index is 854. The quantitative estimate of drug-likeness (QED) is 0.435. The minimum absolute atomic E-state index is 0.162. The first-order valence-corrected chi connectivity index (χ1v) is 11.2. The molecule has 2 saturated heterocycles. The van der Waals surface area contributed by atoms with Crippen LogP contribution in [0.15, 0.2) is 18.2 Å². The molecule has 3 fully saturated rings. The van der Waals surface area contributed by atoms with Crippen LogP contribution in [-0.2, 0) is 26.2 Å². The first-order valence-electron chi connectivity index (χ1n) is 11.2. The molecule has 2 unspecified atom stereocenters. The largest absolute Gasteiger partial charge is 0.508 e. The zero-order chi connectivity index (χ0) is 23.0. The molecule has 1 aromatic carbocycles. The van der Waals surface area contributed by atoms with Gasteiger partial charge in [-0.25, -0.2) is 9.59 Å². The molecule has 0 amide bonds. The summed E-state index contributed by atoms with van der Waals surface area (Å²) in [5, 5.41) is 42.5. The molecule has 0 aromatic heterocycles. The predicted octanol–water partition coefficient (Wildman–Crippen LogP) is 0.584. The molecule has 176 valence electrons. The highest BCUT2D eigenvalue weighted by Crippen LogP contribution is 2.53. The highest BCUT2D eigenvalue weighted by molar-refractivity contribution is 5.83. The van der Waals surface area contributed by atoms with E-state index in [9.17, 15) is 14.7 Å². The molecule has 9 heteroatoms. The third-order valence-corrected chi connectivity index (χ3v) is 7.47. The molecular formula is C23H31NO8. The van der Waals surface area contributed by atoms with Crippen LogP contribution in [0.3, 0.4) is 0 Å². The molecule has 2 aliphatic heterocycles. The summed E-state index contributed by atoms with van der Waals surface area (Å²) in [5.74, 6) is -1.45. The summed E-state index contributed by atoms with van der Waals surface area (Å²) in [5.41, 5.74) is 3.00. The van der Waals surface area contributed by atoms with Crippen LogP contribution in [0.25, 0.3) is 0 Å². The summed E-state index contributed by atoms with van der Waals surface area (Å²) in [6.07, 6.45) is 1.88. The molecule has 5 rings (SSSR count). The number of phenolic OH excluding ortho intramolecular Hbond substituents is 1. The molecule has 5 atom stereocenters. The van der Waals surface area contributed by atoms with E-state index in [0.29, 0.717) is 17.7 Å². The van der Waals surface area contributed by atoms with Crippen LogP contribution in [-0.4, -0.2) is 86.9 Å². The Morgan fingerprint density at radius 1 is 1.12 bits per heavy atom. The molecule has 1 saturated carbocycles. The van der Waals surface area contributed by atoms with Crippen LogP contribution in [0.2, 0.25) is 0 Å². The standard InChI is InChI=1S/C19H25NO2.C4H6O6/c21-15-4-3-14-9-18-16-5-8-22-12-19(16,17(14)10-15)6-7-20(18)11-13-1-2-13;5-1(3(7)8)2(6)4(9)10/h3-4,10,13,16,18,21H,1-2,5-9,11-12H2;1-2,5-6H,(H,7,8)(H,9,10)/t16-,18+,19-;/m0./s1. The van der Waals surface area contributed by atoms with E-state index in [4.69, 9.17) is 25.2 Å². The highest BCUT2D eigenvalue weighted by Gasteiger charge is 2.54. The number of aliphatic hydroxyl groups excluding tert-OH is 2. The van der Waals surface area contributed by atoms with E-state index in [-0.39, 0.29) is 5.41 Å². The monoisotopic (exact) mass is 449 g/mol. The van der Waals surface area contributed by atoms with E-state index in [0.717, 1.165) is 25.6 Å². The van der Waals surface area contributed by atoms with Gasteiger partial charge in [0.15, 0.2) is 12.2 Å². The van der Waals surface area contributed by atoms with Gasteiger partial charge in [0.2, 0.25) is 0 Å². The number of piperidine rings is 1. The Kier molecular flexibility index (Phi) is 6.44. The summed E-state index contributed by atoms with van der Waals surface area (Å²) in [4.78, 5) is 22.3. The second-order valence-electron chi connectivity index (χ2n) is 9.47. The maximum Gasteiger partial charge on any atom is 0.335 e. The van der Waals surface area contributed by atoms with Crippen LogP contribution in [0.4, 0.5) is 0 Å². The number of ether oxygens (including phenoxy) is 1. The zero-order valence-corrected chi connectivity index (χ0v) is 17.9. The van der Waals surface area contributed by atoms with Crippen LogP contribution in [0.5, 0.6) is 5.75 Å². The maximum absolute atomic E-state index is 10.0. The second-order valence-corrected chi connectivity index (χ2v) is 9.47. The molecule has 0 radical (unpaired) electrons. The zero-order valence-electron chi connectivity index (χ0n) is 17.9. The first kappa shape index (κ1) is 23.0. The predicted molar refractivity (Wildman–Crippen MR) is 112 cm³/mol.